The standard InChI is InChI=1S/C12H19NO2/c1-3-15-12(14)9(2)11-5-7-13-6-4-10(11)8-13/h10H,3-8H2,1-2H3. The first-order valence-electron chi connectivity index (χ1n) is 5.81. The molecule has 2 fully saturated rings. The molecular formula is C12H19NO2. The molecule has 2 aliphatic heterocycles. The van der Waals surface area contributed by atoms with Gasteiger partial charge in [-0.2, -0.15) is 0 Å². The van der Waals surface area contributed by atoms with Crippen LogP contribution in [0.5, 0.6) is 0 Å². The molecule has 3 heteroatoms. The molecule has 0 aromatic heterocycles. The topological polar surface area (TPSA) is 29.5 Å². The van der Waals surface area contributed by atoms with E-state index in [0.29, 0.717) is 12.5 Å². The molecule has 3 nitrogen and oxygen atoms in total. The summed E-state index contributed by atoms with van der Waals surface area (Å²) in [7, 11) is 0. The molecular weight excluding hydrogens is 190 g/mol. The maximum Gasteiger partial charge on any atom is 0.333 e. The molecule has 0 N–H and O–H groups in total. The van der Waals surface area contributed by atoms with Crippen LogP contribution in [-0.2, 0) is 9.53 Å². The second kappa shape index (κ2) is 4.35. The summed E-state index contributed by atoms with van der Waals surface area (Å²) in [6.07, 6.45) is 2.27. The van der Waals surface area contributed by atoms with Gasteiger partial charge in [0.2, 0.25) is 0 Å². The monoisotopic (exact) mass is 209 g/mol. The predicted octanol–water partition coefficient (Wildman–Crippen LogP) is 1.59. The van der Waals surface area contributed by atoms with E-state index >= 15 is 0 Å². The van der Waals surface area contributed by atoms with E-state index in [-0.39, 0.29) is 5.97 Å². The third-order valence-corrected chi connectivity index (χ3v) is 3.53. The molecule has 2 saturated heterocycles. The van der Waals surface area contributed by atoms with Gasteiger partial charge in [-0.3, -0.25) is 0 Å². The number of fused-ring (bicyclic) bond motifs is 2. The lowest BCUT2D eigenvalue weighted by Crippen LogP contribution is -2.29. The van der Waals surface area contributed by atoms with Crippen molar-refractivity contribution < 1.29 is 9.53 Å². The minimum Gasteiger partial charge on any atom is -0.463 e. The van der Waals surface area contributed by atoms with Crippen LogP contribution in [0.2, 0.25) is 0 Å². The molecule has 84 valence electrons. The Morgan fingerprint density at radius 2 is 2.33 bits per heavy atom. The van der Waals surface area contributed by atoms with Gasteiger partial charge < -0.3 is 9.64 Å². The van der Waals surface area contributed by atoms with Crippen LogP contribution in [0.4, 0.5) is 0 Å². The van der Waals surface area contributed by atoms with E-state index in [1.54, 1.807) is 0 Å². The molecule has 0 aromatic carbocycles. The maximum absolute atomic E-state index is 11.6. The van der Waals surface area contributed by atoms with Gasteiger partial charge in [0.1, 0.15) is 0 Å². The summed E-state index contributed by atoms with van der Waals surface area (Å²) in [4.78, 5) is 14.1. The summed E-state index contributed by atoms with van der Waals surface area (Å²) in [5, 5.41) is 0. The van der Waals surface area contributed by atoms with Crippen LogP contribution >= 0.6 is 0 Å². The van der Waals surface area contributed by atoms with Crippen molar-refractivity contribution in [1.82, 2.24) is 4.90 Å². The second-order valence-electron chi connectivity index (χ2n) is 4.41. The summed E-state index contributed by atoms with van der Waals surface area (Å²) in [6, 6.07) is 0. The van der Waals surface area contributed by atoms with Crippen LogP contribution in [0, 0.1) is 5.92 Å². The highest BCUT2D eigenvalue weighted by molar-refractivity contribution is 5.88. The van der Waals surface area contributed by atoms with Crippen LogP contribution < -0.4 is 0 Å². The van der Waals surface area contributed by atoms with Crippen LogP contribution in [0.25, 0.3) is 0 Å². The van der Waals surface area contributed by atoms with Gasteiger partial charge in [-0.15, -0.1) is 0 Å². The van der Waals surface area contributed by atoms with Crippen LogP contribution in [-0.4, -0.2) is 37.1 Å². The van der Waals surface area contributed by atoms with Gasteiger partial charge in [-0.25, -0.2) is 4.79 Å². The zero-order chi connectivity index (χ0) is 10.8. The molecule has 0 aromatic rings. The van der Waals surface area contributed by atoms with E-state index in [4.69, 9.17) is 4.74 Å². The van der Waals surface area contributed by atoms with Gasteiger partial charge in [0.25, 0.3) is 0 Å². The van der Waals surface area contributed by atoms with E-state index in [9.17, 15) is 4.79 Å². The third kappa shape index (κ3) is 2.07. The number of hydrogen-bond donors (Lipinski definition) is 0. The van der Waals surface area contributed by atoms with Crippen LogP contribution in [0.15, 0.2) is 11.1 Å². The number of esters is 1. The average Bonchev–Trinajstić information content (AvgIpc) is 2.60. The lowest BCUT2D eigenvalue weighted by atomic mass is 9.90. The molecule has 2 bridgehead atoms. The molecule has 0 spiro atoms. The van der Waals surface area contributed by atoms with Crippen LogP contribution in [0.3, 0.4) is 0 Å². The normalized spacial score (nSPS) is 32.7. The number of rotatable bonds is 2. The van der Waals surface area contributed by atoms with Crippen molar-refractivity contribution in [3.63, 3.8) is 0 Å². The van der Waals surface area contributed by atoms with E-state index in [1.807, 2.05) is 13.8 Å². The molecule has 0 aliphatic carbocycles. The lowest BCUT2D eigenvalue weighted by Gasteiger charge is -2.26. The summed E-state index contributed by atoms with van der Waals surface area (Å²) in [5.41, 5.74) is 2.21. The fourth-order valence-electron chi connectivity index (χ4n) is 2.67. The molecule has 15 heavy (non-hydrogen) atoms. The first-order valence-corrected chi connectivity index (χ1v) is 5.81. The number of carbonyl (C=O) groups is 1. The zero-order valence-electron chi connectivity index (χ0n) is 9.58. The van der Waals surface area contributed by atoms with Crippen LogP contribution in [0.1, 0.15) is 26.7 Å². The number of hydrogen-bond acceptors (Lipinski definition) is 3. The van der Waals surface area contributed by atoms with Gasteiger partial charge in [-0.05, 0) is 39.2 Å². The maximum atomic E-state index is 11.6. The molecule has 2 unspecified atom stereocenters. The lowest BCUT2D eigenvalue weighted by molar-refractivity contribution is -0.138. The largest absolute Gasteiger partial charge is 0.463 e. The molecule has 0 radical (unpaired) electrons. The first-order chi connectivity index (χ1) is 7.22. The van der Waals surface area contributed by atoms with Gasteiger partial charge in [0, 0.05) is 18.7 Å². The summed E-state index contributed by atoms with van der Waals surface area (Å²) in [5.74, 6) is 0.496. The minimum atomic E-state index is -0.118. The molecule has 0 saturated carbocycles. The molecule has 2 rings (SSSR count). The van der Waals surface area contributed by atoms with E-state index < -0.39 is 0 Å². The average molecular weight is 209 g/mol. The van der Waals surface area contributed by atoms with Gasteiger partial charge in [-0.1, -0.05) is 5.57 Å². The summed E-state index contributed by atoms with van der Waals surface area (Å²) < 4.78 is 5.05. The van der Waals surface area contributed by atoms with E-state index in [0.717, 1.165) is 25.1 Å². The van der Waals surface area contributed by atoms with Crippen molar-refractivity contribution in [3.8, 4) is 0 Å². The van der Waals surface area contributed by atoms with Gasteiger partial charge in [0.05, 0.1) is 6.61 Å². The fraction of sp³-hybridized carbons (Fsp3) is 0.750. The second-order valence-corrected chi connectivity index (χ2v) is 4.41. The Labute approximate surface area is 91.1 Å². The van der Waals surface area contributed by atoms with Crippen molar-refractivity contribution >= 4 is 5.97 Å². The quantitative estimate of drug-likeness (QED) is 0.511. The number of ether oxygens (including phenoxy) is 1. The summed E-state index contributed by atoms with van der Waals surface area (Å²) in [6.45, 7) is 7.70. The molecule has 2 aliphatic rings. The molecule has 2 atom stereocenters. The third-order valence-electron chi connectivity index (χ3n) is 3.53. The highest BCUT2D eigenvalue weighted by Crippen LogP contribution is 2.33. The summed E-state index contributed by atoms with van der Waals surface area (Å²) >= 11 is 0. The van der Waals surface area contributed by atoms with Crippen molar-refractivity contribution in [3.05, 3.63) is 11.1 Å². The zero-order valence-corrected chi connectivity index (χ0v) is 9.58. The minimum absolute atomic E-state index is 0.118. The highest BCUT2D eigenvalue weighted by atomic mass is 16.5. The molecule has 2 heterocycles. The highest BCUT2D eigenvalue weighted by Gasteiger charge is 2.32. The van der Waals surface area contributed by atoms with Crippen molar-refractivity contribution in [1.29, 1.82) is 0 Å². The SMILES string of the molecule is CCOC(=O)C(C)=C1CCN2CCC1C2. The van der Waals surface area contributed by atoms with E-state index in [2.05, 4.69) is 4.90 Å². The predicted molar refractivity (Wildman–Crippen MR) is 58.5 cm³/mol. The Hall–Kier alpha value is -0.830. The smallest absolute Gasteiger partial charge is 0.333 e. The fourth-order valence-corrected chi connectivity index (χ4v) is 2.67. The Morgan fingerprint density at radius 3 is 3.07 bits per heavy atom. The number of nitrogens with zero attached hydrogens (tertiary/aromatic N) is 1. The number of piperidine rings is 1. The van der Waals surface area contributed by atoms with Gasteiger partial charge in [0.15, 0.2) is 0 Å². The Bertz CT molecular complexity index is 296. The van der Waals surface area contributed by atoms with Crippen molar-refractivity contribution in [2.45, 2.75) is 26.7 Å². The van der Waals surface area contributed by atoms with E-state index in [1.165, 1.54) is 18.5 Å². The first kappa shape index (κ1) is 10.7. The Balaban J connectivity index is 2.13. The Morgan fingerprint density at radius 1 is 1.53 bits per heavy atom. The van der Waals surface area contributed by atoms with Crippen molar-refractivity contribution in [2.24, 2.45) is 5.92 Å². The van der Waals surface area contributed by atoms with Gasteiger partial charge >= 0.3 is 5.97 Å². The van der Waals surface area contributed by atoms with Crippen molar-refractivity contribution in [2.75, 3.05) is 26.2 Å². The number of carbonyl (C=O) groups excluding carboxylic acids is 1. The Kier molecular flexibility index (Phi) is 3.10. The molecule has 0 amide bonds.